The van der Waals surface area contributed by atoms with Gasteiger partial charge in [-0.15, -0.1) is 5.10 Å². The fraction of sp³-hybridized carbons (Fsp3) is 0.636. The van der Waals surface area contributed by atoms with Crippen LogP contribution >= 0.6 is 0 Å². The van der Waals surface area contributed by atoms with E-state index in [1.54, 1.807) is 19.2 Å². The number of esters is 1. The number of nitrogens with one attached hydrogen (secondary N) is 1. The zero-order valence-electron chi connectivity index (χ0n) is 27.2. The lowest BCUT2D eigenvalue weighted by molar-refractivity contribution is -0.152. The number of carbonyl (C=O) groups is 3. The zero-order valence-corrected chi connectivity index (χ0v) is 27.2. The van der Waals surface area contributed by atoms with E-state index >= 15 is 0 Å². The normalized spacial score (nSPS) is 31.5. The van der Waals surface area contributed by atoms with Gasteiger partial charge in [-0.1, -0.05) is 30.7 Å². The first-order valence-electron chi connectivity index (χ1n) is 16.1. The highest BCUT2D eigenvalue weighted by Crippen LogP contribution is 2.43. The number of ether oxygens (including phenoxy) is 4. The van der Waals surface area contributed by atoms with Gasteiger partial charge in [-0.2, -0.15) is 0 Å². The van der Waals surface area contributed by atoms with Crippen LogP contribution in [0.25, 0.3) is 0 Å². The summed E-state index contributed by atoms with van der Waals surface area (Å²) in [5.41, 5.74) is 1.54. The van der Waals surface area contributed by atoms with Crippen molar-refractivity contribution in [2.75, 3.05) is 6.61 Å². The van der Waals surface area contributed by atoms with Crippen molar-refractivity contribution in [2.45, 2.75) is 122 Å². The Morgan fingerprint density at radius 3 is 2.76 bits per heavy atom. The fourth-order valence-electron chi connectivity index (χ4n) is 6.19. The van der Waals surface area contributed by atoms with E-state index in [0.717, 1.165) is 42.5 Å². The van der Waals surface area contributed by atoms with E-state index < -0.39 is 18.0 Å². The van der Waals surface area contributed by atoms with E-state index in [-0.39, 0.29) is 54.3 Å². The van der Waals surface area contributed by atoms with Crippen LogP contribution in [0.1, 0.15) is 78.8 Å². The Morgan fingerprint density at radius 2 is 2.00 bits per heavy atom. The first-order chi connectivity index (χ1) is 22.0. The SMILES string of the molecule is CC(=O)O[C@@H](C)/C=C\C(=O)N[C@@H]1C[C@H](C)[C@H](C/C=C(C)/C=C/[C@@H]2C[C@]3(CO3)C[C@@H](CC(=O)On3nnc4c3N=CCC4)O2)O[C@@H]1C. The van der Waals surface area contributed by atoms with Crippen molar-refractivity contribution in [3.05, 3.63) is 41.6 Å². The molecule has 46 heavy (non-hydrogen) atoms. The predicted molar refractivity (Wildman–Crippen MR) is 167 cm³/mol. The molecule has 5 heterocycles. The lowest BCUT2D eigenvalue weighted by Gasteiger charge is -2.39. The number of amides is 1. The first kappa shape index (κ1) is 33.7. The lowest BCUT2D eigenvalue weighted by Crippen LogP contribution is -2.50. The number of aromatic nitrogens is 3. The van der Waals surface area contributed by atoms with E-state index in [1.165, 1.54) is 13.0 Å². The number of rotatable bonds is 11. The minimum absolute atomic E-state index is 0.0248. The van der Waals surface area contributed by atoms with Gasteiger partial charge in [0.25, 0.3) is 0 Å². The summed E-state index contributed by atoms with van der Waals surface area (Å²) < 4.78 is 23.4. The van der Waals surface area contributed by atoms with Crippen LogP contribution in [-0.4, -0.2) is 88.0 Å². The number of nitrogens with zero attached hydrogens (tertiary/aromatic N) is 4. The van der Waals surface area contributed by atoms with E-state index in [4.69, 9.17) is 23.8 Å². The van der Waals surface area contributed by atoms with Gasteiger partial charge in [-0.3, -0.25) is 9.59 Å². The number of hydrogen-bond donors (Lipinski definition) is 1. The molecule has 1 N–H and O–H groups in total. The van der Waals surface area contributed by atoms with E-state index in [2.05, 4.69) is 33.6 Å². The highest BCUT2D eigenvalue weighted by atomic mass is 16.7. The van der Waals surface area contributed by atoms with Crippen LogP contribution in [0.15, 0.2) is 40.9 Å². The number of epoxide rings is 1. The van der Waals surface area contributed by atoms with Gasteiger partial charge < -0.3 is 29.1 Å². The molecule has 0 aliphatic carbocycles. The highest BCUT2D eigenvalue weighted by Gasteiger charge is 2.51. The second-order valence-corrected chi connectivity index (χ2v) is 12.9. The van der Waals surface area contributed by atoms with E-state index in [0.29, 0.717) is 24.5 Å². The van der Waals surface area contributed by atoms with Gasteiger partial charge in [0, 0.05) is 38.5 Å². The summed E-state index contributed by atoms with van der Waals surface area (Å²) in [6, 6.07) is -0.113. The largest absolute Gasteiger partial charge is 0.459 e. The summed E-state index contributed by atoms with van der Waals surface area (Å²) in [5, 5.41) is 11.0. The smallest absolute Gasteiger partial charge is 0.337 e. The minimum atomic E-state index is -0.471. The molecule has 3 fully saturated rings. The number of allylic oxidation sites excluding steroid dienone is 2. The monoisotopic (exact) mass is 639 g/mol. The Labute approximate surface area is 269 Å². The van der Waals surface area contributed by atoms with Gasteiger partial charge in [0.1, 0.15) is 11.8 Å². The maximum Gasteiger partial charge on any atom is 0.337 e. The summed E-state index contributed by atoms with van der Waals surface area (Å²) in [6.45, 7) is 9.85. The molecule has 8 atom stereocenters. The maximum absolute atomic E-state index is 12.8. The molecule has 1 amide bonds. The summed E-state index contributed by atoms with van der Waals surface area (Å²) in [7, 11) is 0. The Bertz CT molecular complexity index is 1400. The molecule has 0 unspecified atom stereocenters. The third kappa shape index (κ3) is 9.20. The van der Waals surface area contributed by atoms with Gasteiger partial charge in [0.15, 0.2) is 0 Å². The molecule has 1 aromatic rings. The fourth-order valence-corrected chi connectivity index (χ4v) is 6.19. The second kappa shape index (κ2) is 14.8. The van der Waals surface area contributed by atoms with Crippen LogP contribution in [0.4, 0.5) is 5.82 Å². The molecule has 1 spiro atoms. The van der Waals surface area contributed by atoms with Gasteiger partial charge in [-0.05, 0) is 62.1 Å². The maximum atomic E-state index is 12.8. The second-order valence-electron chi connectivity index (χ2n) is 12.9. The molecule has 4 aliphatic heterocycles. The van der Waals surface area contributed by atoms with Crippen LogP contribution in [0.5, 0.6) is 0 Å². The molecule has 250 valence electrons. The van der Waals surface area contributed by atoms with Crippen molar-refractivity contribution in [3.8, 4) is 0 Å². The number of carbonyl (C=O) groups excluding carboxylic acids is 3. The van der Waals surface area contributed by atoms with Crippen molar-refractivity contribution in [1.82, 2.24) is 20.5 Å². The van der Waals surface area contributed by atoms with Crippen molar-refractivity contribution in [1.29, 1.82) is 0 Å². The van der Waals surface area contributed by atoms with Crippen LogP contribution < -0.4 is 10.2 Å². The highest BCUT2D eigenvalue weighted by molar-refractivity contribution is 5.87. The Kier molecular flexibility index (Phi) is 10.9. The predicted octanol–water partition coefficient (Wildman–Crippen LogP) is 3.29. The molecule has 0 radical (unpaired) electrons. The van der Waals surface area contributed by atoms with Crippen molar-refractivity contribution < 1.29 is 38.2 Å². The van der Waals surface area contributed by atoms with E-state index in [1.807, 2.05) is 26.0 Å². The number of aryl methyl sites for hydroxylation is 1. The Morgan fingerprint density at radius 1 is 1.20 bits per heavy atom. The van der Waals surface area contributed by atoms with Crippen LogP contribution in [0.3, 0.4) is 0 Å². The van der Waals surface area contributed by atoms with Gasteiger partial charge >= 0.3 is 11.9 Å². The molecular formula is C33H45N5O8. The van der Waals surface area contributed by atoms with Gasteiger partial charge in [0.2, 0.25) is 11.7 Å². The summed E-state index contributed by atoms with van der Waals surface area (Å²) in [5.74, 6) is -0.394. The first-order valence-corrected chi connectivity index (χ1v) is 16.1. The third-order valence-corrected chi connectivity index (χ3v) is 8.75. The quantitative estimate of drug-likeness (QED) is 0.125. The molecule has 3 saturated heterocycles. The van der Waals surface area contributed by atoms with Crippen molar-refractivity contribution >= 4 is 29.9 Å². The van der Waals surface area contributed by atoms with Crippen LogP contribution in [0, 0.1) is 5.92 Å². The molecule has 0 saturated carbocycles. The number of aliphatic imine (C=N–C) groups is 1. The third-order valence-electron chi connectivity index (χ3n) is 8.75. The average Bonchev–Trinajstić information content (AvgIpc) is 3.61. The molecule has 5 rings (SSSR count). The molecule has 13 nitrogen and oxygen atoms in total. The number of hydrogen-bond acceptors (Lipinski definition) is 11. The van der Waals surface area contributed by atoms with Gasteiger partial charge in [0.05, 0.1) is 49.1 Å². The topological polar surface area (TPSA) is 156 Å². The minimum Gasteiger partial charge on any atom is -0.459 e. The van der Waals surface area contributed by atoms with E-state index in [9.17, 15) is 14.4 Å². The van der Waals surface area contributed by atoms with Crippen molar-refractivity contribution in [2.24, 2.45) is 10.9 Å². The summed E-state index contributed by atoms with van der Waals surface area (Å²) >= 11 is 0. The van der Waals surface area contributed by atoms with Gasteiger partial charge in [-0.25, -0.2) is 9.79 Å². The van der Waals surface area contributed by atoms with Crippen LogP contribution in [0.2, 0.25) is 0 Å². The lowest BCUT2D eigenvalue weighted by atomic mass is 9.88. The summed E-state index contributed by atoms with van der Waals surface area (Å²) in [6.07, 6.45) is 14.3. The number of fused-ring (bicyclic) bond motifs is 1. The average molecular weight is 640 g/mol. The molecule has 4 aliphatic rings. The Hall–Kier alpha value is -3.68. The molecular weight excluding hydrogens is 594 g/mol. The standard InChI is InChI=1S/C33H45N5O8/c1-20(9-12-29-21(2)15-28(23(4)44-29)35-30(40)13-10-22(3)43-24(5)39)8-11-25-17-33(19-42-33)18-26(45-25)16-31(41)46-38-32-27(36-37-38)7-6-14-34-32/h8-11,13-14,21-23,25-26,28-29H,6-7,12,15-19H2,1-5H3,(H,35,40)/b11-8+,13-10-,20-9+/t21-,22-,23+,25+,26+,28+,29-,33+/m0/s1. The summed E-state index contributed by atoms with van der Waals surface area (Å²) in [4.78, 5) is 47.0. The molecule has 0 bridgehead atoms. The molecule has 0 aromatic carbocycles. The van der Waals surface area contributed by atoms with Crippen molar-refractivity contribution in [3.63, 3.8) is 0 Å². The molecule has 1 aromatic heterocycles. The molecule has 13 heteroatoms. The van der Waals surface area contributed by atoms with Crippen LogP contribution in [-0.2, 0) is 39.8 Å². The Balaban J connectivity index is 1.08. The zero-order chi connectivity index (χ0) is 32.8.